The Balaban J connectivity index is 1.84. The molecule has 1 N–H and O–H groups in total. The Morgan fingerprint density at radius 2 is 1.69 bits per heavy atom. The number of nitrogens with zero attached hydrogens (tertiary/aromatic N) is 2. The quantitative estimate of drug-likeness (QED) is 0.418. The number of fused-ring (bicyclic) bond motifs is 1. The number of amides is 1. The molecule has 35 heavy (non-hydrogen) atoms. The molecule has 1 amide bonds. The molecule has 0 atom stereocenters. The molecule has 0 bridgehead atoms. The third-order valence-electron chi connectivity index (χ3n) is 5.89. The van der Waals surface area contributed by atoms with Crippen molar-refractivity contribution in [2.45, 2.75) is 44.0 Å². The van der Waals surface area contributed by atoms with Crippen LogP contribution in [0.3, 0.4) is 0 Å². The third kappa shape index (κ3) is 4.85. The fourth-order valence-corrected chi connectivity index (χ4v) is 5.35. The fourth-order valence-electron chi connectivity index (χ4n) is 3.73. The molecule has 0 aliphatic rings. The molecule has 0 unspecified atom stereocenters. The maximum Gasteiger partial charge on any atom is 0.244 e. The molecule has 0 radical (unpaired) electrons. The maximum atomic E-state index is 13.5. The highest BCUT2D eigenvalue weighted by Gasteiger charge is 2.25. The molecule has 0 saturated carbocycles. The van der Waals surface area contributed by atoms with E-state index in [1.54, 1.807) is 43.3 Å². The molecule has 0 spiro atoms. The number of aromatic nitrogens is 2. The van der Waals surface area contributed by atoms with E-state index in [1.807, 2.05) is 20.8 Å². The molecule has 0 saturated heterocycles. The van der Waals surface area contributed by atoms with E-state index in [1.165, 1.54) is 22.9 Å². The van der Waals surface area contributed by atoms with E-state index in [9.17, 15) is 18.0 Å². The minimum Gasteiger partial charge on any atom is -0.324 e. The highest BCUT2D eigenvalue weighted by atomic mass is 35.5. The minimum absolute atomic E-state index is 0.0164. The Bertz CT molecular complexity index is 1660. The summed E-state index contributed by atoms with van der Waals surface area (Å²) in [6.45, 7) is 7.02. The molecule has 2 aromatic carbocycles. The van der Waals surface area contributed by atoms with Crippen LogP contribution in [0.4, 0.5) is 5.69 Å². The van der Waals surface area contributed by atoms with Crippen molar-refractivity contribution in [2.24, 2.45) is 0 Å². The average Bonchev–Trinajstić information content (AvgIpc) is 2.79. The number of hydrogen-bond acceptors (Lipinski definition) is 5. The second kappa shape index (κ2) is 9.28. The van der Waals surface area contributed by atoms with Gasteiger partial charge in [0.2, 0.25) is 21.2 Å². The van der Waals surface area contributed by atoms with E-state index >= 15 is 0 Å². The Hall–Kier alpha value is -3.49. The van der Waals surface area contributed by atoms with Crippen molar-refractivity contribution in [3.05, 3.63) is 92.4 Å². The number of halogens is 1. The van der Waals surface area contributed by atoms with Gasteiger partial charge in [-0.05, 0) is 80.8 Å². The van der Waals surface area contributed by atoms with E-state index in [4.69, 9.17) is 11.6 Å². The largest absolute Gasteiger partial charge is 0.324 e. The highest BCUT2D eigenvalue weighted by molar-refractivity contribution is 7.91. The predicted molar refractivity (Wildman–Crippen MR) is 137 cm³/mol. The van der Waals surface area contributed by atoms with Gasteiger partial charge < -0.3 is 9.88 Å². The first-order chi connectivity index (χ1) is 16.5. The van der Waals surface area contributed by atoms with Crippen LogP contribution in [0.1, 0.15) is 22.4 Å². The number of hydrogen-bond donors (Lipinski definition) is 1. The van der Waals surface area contributed by atoms with Gasteiger partial charge in [-0.3, -0.25) is 9.59 Å². The smallest absolute Gasteiger partial charge is 0.244 e. The van der Waals surface area contributed by atoms with Gasteiger partial charge in [-0.1, -0.05) is 23.7 Å². The number of anilines is 1. The van der Waals surface area contributed by atoms with Crippen LogP contribution in [0, 0.1) is 27.7 Å². The molecule has 4 rings (SSSR count). The molecular formula is C26H24ClN3O4S. The number of carbonyl (C=O) groups excluding carboxylic acids is 1. The summed E-state index contributed by atoms with van der Waals surface area (Å²) >= 11 is 6.06. The van der Waals surface area contributed by atoms with E-state index < -0.39 is 26.1 Å². The fraction of sp³-hybridized carbons (Fsp3) is 0.192. The van der Waals surface area contributed by atoms with Gasteiger partial charge in [0, 0.05) is 22.6 Å². The molecule has 180 valence electrons. The summed E-state index contributed by atoms with van der Waals surface area (Å²) in [5.74, 6) is -0.418. The molecule has 7 nitrogen and oxygen atoms in total. The van der Waals surface area contributed by atoms with Gasteiger partial charge in [0.1, 0.15) is 17.1 Å². The third-order valence-corrected chi connectivity index (χ3v) is 7.87. The van der Waals surface area contributed by atoms with Crippen molar-refractivity contribution < 1.29 is 13.2 Å². The SMILES string of the molecule is Cc1ccc2c(=O)c(S(=O)(=O)c3ccc(C)c(C)c3)cn(CC(=O)Nc3cc(Cl)ccc3C)c2n1. The van der Waals surface area contributed by atoms with Crippen molar-refractivity contribution in [3.8, 4) is 0 Å². The number of carbonyl (C=O) groups is 1. The number of aryl methyl sites for hydroxylation is 4. The second-order valence-electron chi connectivity index (χ2n) is 8.53. The summed E-state index contributed by atoms with van der Waals surface area (Å²) in [7, 11) is -4.15. The average molecular weight is 510 g/mol. The van der Waals surface area contributed by atoms with Gasteiger partial charge in [-0.15, -0.1) is 0 Å². The molecule has 9 heteroatoms. The van der Waals surface area contributed by atoms with Crippen molar-refractivity contribution >= 4 is 44.1 Å². The summed E-state index contributed by atoms with van der Waals surface area (Å²) in [6.07, 6.45) is 1.20. The lowest BCUT2D eigenvalue weighted by molar-refractivity contribution is -0.116. The van der Waals surface area contributed by atoms with E-state index in [0.717, 1.165) is 16.7 Å². The number of nitrogens with one attached hydrogen (secondary N) is 1. The molecule has 4 aromatic rings. The number of benzene rings is 2. The highest BCUT2D eigenvalue weighted by Crippen LogP contribution is 2.24. The van der Waals surface area contributed by atoms with Crippen LogP contribution in [0.25, 0.3) is 11.0 Å². The van der Waals surface area contributed by atoms with Crippen molar-refractivity contribution in [2.75, 3.05) is 5.32 Å². The maximum absolute atomic E-state index is 13.5. The van der Waals surface area contributed by atoms with Crippen LogP contribution in [-0.4, -0.2) is 23.9 Å². The summed E-state index contributed by atoms with van der Waals surface area (Å²) in [6, 6.07) is 13.0. The molecule has 0 aliphatic carbocycles. The summed E-state index contributed by atoms with van der Waals surface area (Å²) < 4.78 is 28.4. The molecule has 0 fully saturated rings. The summed E-state index contributed by atoms with van der Waals surface area (Å²) in [5.41, 5.74) is 3.29. The normalized spacial score (nSPS) is 11.6. The van der Waals surface area contributed by atoms with Gasteiger partial charge in [0.15, 0.2) is 0 Å². The monoisotopic (exact) mass is 509 g/mol. The van der Waals surface area contributed by atoms with Crippen LogP contribution in [0.15, 0.2) is 69.3 Å². The Labute approximate surface area is 208 Å². The first kappa shape index (κ1) is 24.6. The first-order valence-electron chi connectivity index (χ1n) is 10.9. The Morgan fingerprint density at radius 1 is 0.971 bits per heavy atom. The number of pyridine rings is 2. The molecule has 2 aromatic heterocycles. The van der Waals surface area contributed by atoms with Crippen LogP contribution in [0.2, 0.25) is 5.02 Å². The van der Waals surface area contributed by atoms with Crippen LogP contribution >= 0.6 is 11.6 Å². The van der Waals surface area contributed by atoms with Crippen LogP contribution in [0.5, 0.6) is 0 Å². The van der Waals surface area contributed by atoms with Gasteiger partial charge in [0.05, 0.1) is 10.3 Å². The van der Waals surface area contributed by atoms with Crippen molar-refractivity contribution in [1.29, 1.82) is 0 Å². The topological polar surface area (TPSA) is 98.1 Å². The molecular weight excluding hydrogens is 486 g/mol. The summed E-state index contributed by atoms with van der Waals surface area (Å²) in [4.78, 5) is 30.2. The number of sulfone groups is 1. The van der Waals surface area contributed by atoms with Gasteiger partial charge in [0.25, 0.3) is 0 Å². The lowest BCUT2D eigenvalue weighted by Gasteiger charge is -2.15. The van der Waals surface area contributed by atoms with Crippen molar-refractivity contribution in [1.82, 2.24) is 9.55 Å². The Morgan fingerprint density at radius 3 is 2.40 bits per heavy atom. The van der Waals surface area contributed by atoms with E-state index in [0.29, 0.717) is 16.4 Å². The van der Waals surface area contributed by atoms with Gasteiger partial charge in [-0.25, -0.2) is 13.4 Å². The predicted octanol–water partition coefficient (Wildman–Crippen LogP) is 4.76. The zero-order chi connectivity index (χ0) is 25.5. The van der Waals surface area contributed by atoms with Gasteiger partial charge in [-0.2, -0.15) is 0 Å². The van der Waals surface area contributed by atoms with Gasteiger partial charge >= 0.3 is 0 Å². The lowest BCUT2D eigenvalue weighted by atomic mass is 10.1. The number of rotatable bonds is 5. The Kier molecular flexibility index (Phi) is 6.53. The zero-order valence-corrected chi connectivity index (χ0v) is 21.3. The minimum atomic E-state index is -4.15. The molecule has 2 heterocycles. The lowest BCUT2D eigenvalue weighted by Crippen LogP contribution is -2.24. The van der Waals surface area contributed by atoms with E-state index in [2.05, 4.69) is 10.3 Å². The first-order valence-corrected chi connectivity index (χ1v) is 12.7. The molecule has 0 aliphatic heterocycles. The van der Waals surface area contributed by atoms with Crippen LogP contribution < -0.4 is 10.7 Å². The zero-order valence-electron chi connectivity index (χ0n) is 19.7. The standard InChI is InChI=1S/C26H24ClN3O4S/c1-15-6-9-20(11-17(15)3)35(33,34)23-13-30(26-21(25(23)32)10-7-18(4)28-26)14-24(31)29-22-12-19(27)8-5-16(22)2/h5-13H,14H2,1-4H3,(H,29,31). The van der Waals surface area contributed by atoms with Crippen molar-refractivity contribution in [3.63, 3.8) is 0 Å². The summed E-state index contributed by atoms with van der Waals surface area (Å²) in [5, 5.41) is 3.39. The van der Waals surface area contributed by atoms with E-state index in [-0.39, 0.29) is 22.5 Å². The second-order valence-corrected chi connectivity index (χ2v) is 10.9. The van der Waals surface area contributed by atoms with Crippen LogP contribution in [-0.2, 0) is 21.2 Å².